The van der Waals surface area contributed by atoms with Gasteiger partial charge in [0.1, 0.15) is 5.75 Å². The Morgan fingerprint density at radius 2 is 1.67 bits per heavy atom. The molecule has 0 saturated carbocycles. The number of hydrogen-bond acceptors (Lipinski definition) is 4. The Balaban J connectivity index is 0.000000423. The lowest BCUT2D eigenvalue weighted by Gasteiger charge is -1.96. The molecule has 0 amide bonds. The number of aliphatic carboxylic acids is 1. The topological polar surface area (TPSA) is 101 Å². The van der Waals surface area contributed by atoms with Crippen molar-refractivity contribution in [1.29, 1.82) is 0 Å². The number of Topliss-reactive ketones (excluding diaryl/α,β-unsaturated/α-hetero) is 1. The summed E-state index contributed by atoms with van der Waals surface area (Å²) in [5.41, 5.74) is 5.66. The van der Waals surface area contributed by atoms with E-state index in [-0.39, 0.29) is 18.1 Å². The largest absolute Gasteiger partial charge is 0.508 e. The van der Waals surface area contributed by atoms with Crippen molar-refractivity contribution in [3.8, 4) is 5.75 Å². The van der Waals surface area contributed by atoms with Crippen LogP contribution in [0.15, 0.2) is 24.3 Å². The lowest BCUT2D eigenvalue weighted by molar-refractivity contribution is -0.134. The maximum atomic E-state index is 10.9. The second-order valence-electron chi connectivity index (χ2n) is 2.69. The number of benzene rings is 1. The van der Waals surface area contributed by atoms with Gasteiger partial charge in [-0.1, -0.05) is 0 Å². The number of aromatic hydroxyl groups is 1. The van der Waals surface area contributed by atoms with Crippen molar-refractivity contribution >= 4 is 11.8 Å². The lowest BCUT2D eigenvalue weighted by atomic mass is 10.1. The number of carbonyl (C=O) groups is 2. The predicted octanol–water partition coefficient (Wildman–Crippen LogP) is 0.624. The molecule has 0 aliphatic rings. The van der Waals surface area contributed by atoms with E-state index in [1.165, 1.54) is 12.1 Å². The molecule has 0 bridgehead atoms. The molecule has 0 aliphatic heterocycles. The summed E-state index contributed by atoms with van der Waals surface area (Å²) in [5, 5.41) is 16.3. The molecule has 1 aromatic carbocycles. The van der Waals surface area contributed by atoms with Crippen LogP contribution in [0.3, 0.4) is 0 Å². The van der Waals surface area contributed by atoms with Gasteiger partial charge < -0.3 is 15.9 Å². The molecule has 15 heavy (non-hydrogen) atoms. The summed E-state index contributed by atoms with van der Waals surface area (Å²) in [6.07, 6.45) is 0. The van der Waals surface area contributed by atoms with E-state index in [0.717, 1.165) is 6.92 Å². The van der Waals surface area contributed by atoms with Gasteiger partial charge in [-0.2, -0.15) is 0 Å². The van der Waals surface area contributed by atoms with Crippen LogP contribution in [0.1, 0.15) is 17.3 Å². The summed E-state index contributed by atoms with van der Waals surface area (Å²) >= 11 is 0. The number of ketones is 1. The van der Waals surface area contributed by atoms with Crippen molar-refractivity contribution in [2.24, 2.45) is 5.73 Å². The van der Waals surface area contributed by atoms with Crippen LogP contribution in [0, 0.1) is 0 Å². The Morgan fingerprint density at radius 3 is 2.00 bits per heavy atom. The molecule has 0 atom stereocenters. The molecule has 0 radical (unpaired) electrons. The van der Waals surface area contributed by atoms with E-state index in [9.17, 15) is 4.79 Å². The van der Waals surface area contributed by atoms with Crippen molar-refractivity contribution in [3.63, 3.8) is 0 Å². The van der Waals surface area contributed by atoms with Gasteiger partial charge in [0.25, 0.3) is 5.97 Å². The quantitative estimate of drug-likeness (QED) is 0.623. The molecule has 82 valence electrons. The fourth-order valence-electron chi connectivity index (χ4n) is 0.765. The SMILES string of the molecule is CC(=O)O.NCC(=O)c1ccc(O)cc1. The number of carbonyl (C=O) groups excluding carboxylic acids is 1. The summed E-state index contributed by atoms with van der Waals surface area (Å²) in [6.45, 7) is 1.09. The Bertz CT molecular complexity index is 328. The van der Waals surface area contributed by atoms with Crippen molar-refractivity contribution in [2.45, 2.75) is 6.92 Å². The fourth-order valence-corrected chi connectivity index (χ4v) is 0.765. The maximum Gasteiger partial charge on any atom is 0.300 e. The molecule has 0 heterocycles. The Kier molecular flexibility index (Phi) is 5.73. The van der Waals surface area contributed by atoms with Crippen LogP contribution in [0.4, 0.5) is 0 Å². The van der Waals surface area contributed by atoms with Gasteiger partial charge in [0, 0.05) is 12.5 Å². The molecule has 5 nitrogen and oxygen atoms in total. The van der Waals surface area contributed by atoms with E-state index in [2.05, 4.69) is 0 Å². The second kappa shape index (κ2) is 6.56. The van der Waals surface area contributed by atoms with Crippen molar-refractivity contribution in [3.05, 3.63) is 29.8 Å². The summed E-state index contributed by atoms with van der Waals surface area (Å²) in [6, 6.07) is 6.01. The lowest BCUT2D eigenvalue weighted by Crippen LogP contribution is -2.13. The Morgan fingerprint density at radius 1 is 1.27 bits per heavy atom. The Labute approximate surface area is 87.1 Å². The molecule has 0 unspecified atom stereocenters. The Hall–Kier alpha value is -1.88. The zero-order valence-electron chi connectivity index (χ0n) is 8.30. The third-order valence-electron chi connectivity index (χ3n) is 1.37. The number of hydrogen-bond donors (Lipinski definition) is 3. The number of rotatable bonds is 2. The van der Waals surface area contributed by atoms with Crippen LogP contribution >= 0.6 is 0 Å². The summed E-state index contributed by atoms with van der Waals surface area (Å²) < 4.78 is 0. The van der Waals surface area contributed by atoms with Gasteiger partial charge in [-0.3, -0.25) is 9.59 Å². The van der Waals surface area contributed by atoms with Crippen LogP contribution in [-0.2, 0) is 4.79 Å². The number of phenols is 1. The smallest absolute Gasteiger partial charge is 0.300 e. The monoisotopic (exact) mass is 211 g/mol. The molecule has 5 heteroatoms. The molecule has 1 aromatic rings. The highest BCUT2D eigenvalue weighted by molar-refractivity contribution is 5.97. The maximum absolute atomic E-state index is 10.9. The highest BCUT2D eigenvalue weighted by Gasteiger charge is 2.00. The van der Waals surface area contributed by atoms with Crippen molar-refractivity contribution in [2.75, 3.05) is 6.54 Å². The predicted molar refractivity (Wildman–Crippen MR) is 54.8 cm³/mol. The molecule has 0 fully saturated rings. The molecular weight excluding hydrogens is 198 g/mol. The van der Waals surface area contributed by atoms with Crippen LogP contribution < -0.4 is 5.73 Å². The highest BCUT2D eigenvalue weighted by atomic mass is 16.4. The third kappa shape index (κ3) is 6.23. The minimum absolute atomic E-state index is 0.00474. The zero-order valence-corrected chi connectivity index (χ0v) is 8.30. The van der Waals surface area contributed by atoms with Gasteiger partial charge in [-0.05, 0) is 24.3 Å². The van der Waals surface area contributed by atoms with E-state index < -0.39 is 5.97 Å². The summed E-state index contributed by atoms with van der Waals surface area (Å²) in [4.78, 5) is 19.9. The minimum atomic E-state index is -0.833. The van der Waals surface area contributed by atoms with Crippen LogP contribution in [0.5, 0.6) is 5.75 Å². The fraction of sp³-hybridized carbons (Fsp3) is 0.200. The van der Waals surface area contributed by atoms with Crippen LogP contribution in [0.2, 0.25) is 0 Å². The second-order valence-corrected chi connectivity index (χ2v) is 2.69. The van der Waals surface area contributed by atoms with Gasteiger partial charge in [0.2, 0.25) is 0 Å². The average Bonchev–Trinajstić information content (AvgIpc) is 2.17. The highest BCUT2D eigenvalue weighted by Crippen LogP contribution is 2.09. The summed E-state index contributed by atoms with van der Waals surface area (Å²) in [5.74, 6) is -0.802. The van der Waals surface area contributed by atoms with E-state index in [0.29, 0.717) is 5.56 Å². The summed E-state index contributed by atoms with van der Waals surface area (Å²) in [7, 11) is 0. The molecular formula is C10H13NO4. The van der Waals surface area contributed by atoms with E-state index in [1.54, 1.807) is 12.1 Å². The standard InChI is InChI=1S/C8H9NO2.C2H4O2/c9-5-8(11)6-1-3-7(10)4-2-6;1-2(3)4/h1-4,10H,5,9H2;1H3,(H,3,4). The molecule has 0 aliphatic carbocycles. The van der Waals surface area contributed by atoms with Crippen molar-refractivity contribution < 1.29 is 19.8 Å². The van der Waals surface area contributed by atoms with Crippen molar-refractivity contribution in [1.82, 2.24) is 0 Å². The normalized spacial score (nSPS) is 8.67. The van der Waals surface area contributed by atoms with E-state index >= 15 is 0 Å². The number of phenolic OH excluding ortho intramolecular Hbond substituents is 1. The molecule has 0 aromatic heterocycles. The first-order chi connectivity index (χ1) is 6.97. The molecule has 0 spiro atoms. The molecule has 0 saturated heterocycles. The van der Waals surface area contributed by atoms with E-state index in [1.807, 2.05) is 0 Å². The number of carboxylic acid groups (broad SMARTS) is 1. The average molecular weight is 211 g/mol. The van der Waals surface area contributed by atoms with Gasteiger partial charge >= 0.3 is 0 Å². The van der Waals surface area contributed by atoms with Gasteiger partial charge in [0.15, 0.2) is 5.78 Å². The molecule has 4 N–H and O–H groups in total. The number of nitrogens with two attached hydrogens (primary N) is 1. The minimum Gasteiger partial charge on any atom is -0.508 e. The van der Waals surface area contributed by atoms with Crippen LogP contribution in [0.25, 0.3) is 0 Å². The van der Waals surface area contributed by atoms with Crippen LogP contribution in [-0.4, -0.2) is 28.5 Å². The van der Waals surface area contributed by atoms with Gasteiger partial charge in [-0.25, -0.2) is 0 Å². The first kappa shape index (κ1) is 13.1. The number of carboxylic acids is 1. The zero-order chi connectivity index (χ0) is 11.8. The van der Waals surface area contributed by atoms with Gasteiger partial charge in [0.05, 0.1) is 6.54 Å². The van der Waals surface area contributed by atoms with Gasteiger partial charge in [-0.15, -0.1) is 0 Å². The first-order valence-electron chi connectivity index (χ1n) is 4.19. The molecule has 1 rings (SSSR count). The van der Waals surface area contributed by atoms with E-state index in [4.69, 9.17) is 20.7 Å². The first-order valence-corrected chi connectivity index (χ1v) is 4.19. The third-order valence-corrected chi connectivity index (χ3v) is 1.37.